The second-order valence-corrected chi connectivity index (χ2v) is 5.17. The van der Waals surface area contributed by atoms with Crippen molar-refractivity contribution in [3.63, 3.8) is 0 Å². The van der Waals surface area contributed by atoms with Crippen LogP contribution in [-0.2, 0) is 0 Å². The van der Waals surface area contributed by atoms with Gasteiger partial charge in [0, 0.05) is 18.0 Å². The number of hydrogen-bond acceptors (Lipinski definition) is 3. The quantitative estimate of drug-likeness (QED) is 0.888. The van der Waals surface area contributed by atoms with Crippen molar-refractivity contribution in [2.75, 3.05) is 13.7 Å². The number of rotatable bonds is 4. The van der Waals surface area contributed by atoms with Crippen molar-refractivity contribution >= 4 is 5.91 Å². The largest absolute Gasteiger partial charge is 0.494 e. The van der Waals surface area contributed by atoms with E-state index in [4.69, 9.17) is 4.74 Å². The first-order chi connectivity index (χ1) is 9.61. The molecule has 0 bridgehead atoms. The second kappa shape index (κ2) is 6.70. The van der Waals surface area contributed by atoms with Gasteiger partial charge in [0.1, 0.15) is 0 Å². The molecule has 1 aromatic rings. The summed E-state index contributed by atoms with van der Waals surface area (Å²) >= 11 is 0. The smallest absolute Gasteiger partial charge is 0.251 e. The van der Waals surface area contributed by atoms with Crippen LogP contribution in [0.5, 0.6) is 5.75 Å². The minimum absolute atomic E-state index is 0.0933. The highest BCUT2D eigenvalue weighted by atomic mass is 19.1. The first kappa shape index (κ1) is 14.8. The highest BCUT2D eigenvalue weighted by molar-refractivity contribution is 5.94. The summed E-state index contributed by atoms with van der Waals surface area (Å²) in [7, 11) is 1.38. The Bertz CT molecular complexity index is 478. The van der Waals surface area contributed by atoms with Crippen molar-refractivity contribution in [3.05, 3.63) is 29.6 Å². The Balaban J connectivity index is 1.93. The van der Waals surface area contributed by atoms with E-state index < -0.39 is 5.82 Å². The normalized spacial score (nSPS) is 22.4. The molecule has 1 aliphatic carbocycles. The van der Waals surface area contributed by atoms with Crippen LogP contribution in [0.2, 0.25) is 0 Å². The van der Waals surface area contributed by atoms with Gasteiger partial charge < -0.3 is 15.2 Å². The zero-order valence-electron chi connectivity index (χ0n) is 11.6. The average Bonchev–Trinajstić information content (AvgIpc) is 2.46. The number of halogens is 1. The van der Waals surface area contributed by atoms with Gasteiger partial charge in [0.05, 0.1) is 13.2 Å². The summed E-state index contributed by atoms with van der Waals surface area (Å²) in [5, 5.41) is 12.6. The Morgan fingerprint density at radius 1 is 1.45 bits per heavy atom. The molecule has 5 heteroatoms. The van der Waals surface area contributed by atoms with Gasteiger partial charge in [0.2, 0.25) is 0 Å². The van der Waals surface area contributed by atoms with Gasteiger partial charge in [0.15, 0.2) is 11.6 Å². The van der Waals surface area contributed by atoms with E-state index in [-0.39, 0.29) is 29.2 Å². The Labute approximate surface area is 117 Å². The number of carbonyl (C=O) groups excluding carboxylic acids is 1. The predicted molar refractivity (Wildman–Crippen MR) is 73.3 cm³/mol. The van der Waals surface area contributed by atoms with Crippen molar-refractivity contribution in [2.45, 2.75) is 31.8 Å². The van der Waals surface area contributed by atoms with Crippen molar-refractivity contribution in [1.29, 1.82) is 0 Å². The molecular formula is C15H20FNO3. The lowest BCUT2D eigenvalue weighted by atomic mass is 9.86. The summed E-state index contributed by atoms with van der Waals surface area (Å²) in [6, 6.07) is 4.11. The fourth-order valence-electron chi connectivity index (χ4n) is 2.56. The van der Waals surface area contributed by atoms with E-state index in [9.17, 15) is 14.3 Å². The molecule has 1 aromatic carbocycles. The van der Waals surface area contributed by atoms with Crippen molar-refractivity contribution in [2.24, 2.45) is 5.92 Å². The van der Waals surface area contributed by atoms with E-state index in [1.54, 1.807) is 0 Å². The zero-order chi connectivity index (χ0) is 14.5. The Kier molecular flexibility index (Phi) is 4.95. The fourth-order valence-corrected chi connectivity index (χ4v) is 2.56. The maximum atomic E-state index is 13.5. The molecular weight excluding hydrogens is 261 g/mol. The number of methoxy groups -OCH3 is 1. The number of carbonyl (C=O) groups is 1. The van der Waals surface area contributed by atoms with Gasteiger partial charge >= 0.3 is 0 Å². The molecule has 20 heavy (non-hydrogen) atoms. The first-order valence-electron chi connectivity index (χ1n) is 6.91. The van der Waals surface area contributed by atoms with Crippen LogP contribution in [0.3, 0.4) is 0 Å². The summed E-state index contributed by atoms with van der Waals surface area (Å²) < 4.78 is 18.3. The number of aliphatic hydroxyl groups excluding tert-OH is 1. The Morgan fingerprint density at radius 2 is 2.20 bits per heavy atom. The van der Waals surface area contributed by atoms with E-state index >= 15 is 0 Å². The van der Waals surface area contributed by atoms with Crippen LogP contribution in [0.4, 0.5) is 4.39 Å². The number of amides is 1. The van der Waals surface area contributed by atoms with E-state index in [1.807, 2.05) is 0 Å². The topological polar surface area (TPSA) is 58.6 Å². The van der Waals surface area contributed by atoms with E-state index in [0.717, 1.165) is 31.7 Å². The molecule has 1 saturated carbocycles. The molecule has 1 fully saturated rings. The molecule has 0 aromatic heterocycles. The van der Waals surface area contributed by atoms with Crippen LogP contribution in [0, 0.1) is 11.7 Å². The number of ether oxygens (including phenoxy) is 1. The SMILES string of the molecule is COc1ccc(C(=O)NCC2CCCCC2O)cc1F. The van der Waals surface area contributed by atoms with Crippen LogP contribution >= 0.6 is 0 Å². The standard InChI is InChI=1S/C15H20FNO3/c1-20-14-7-6-10(8-12(14)16)15(19)17-9-11-4-2-3-5-13(11)18/h6-8,11,13,18H,2-5,9H2,1H3,(H,17,19). The maximum absolute atomic E-state index is 13.5. The molecule has 0 heterocycles. The van der Waals surface area contributed by atoms with E-state index in [0.29, 0.717) is 6.54 Å². The zero-order valence-corrected chi connectivity index (χ0v) is 11.6. The molecule has 0 saturated heterocycles. The summed E-state index contributed by atoms with van der Waals surface area (Å²) in [5.74, 6) is -0.678. The molecule has 4 nitrogen and oxygen atoms in total. The molecule has 0 spiro atoms. The highest BCUT2D eigenvalue weighted by Gasteiger charge is 2.23. The molecule has 0 radical (unpaired) electrons. The minimum Gasteiger partial charge on any atom is -0.494 e. The number of aliphatic hydroxyl groups is 1. The third-order valence-electron chi connectivity index (χ3n) is 3.81. The summed E-state index contributed by atoms with van der Waals surface area (Å²) in [5.41, 5.74) is 0.258. The third-order valence-corrected chi connectivity index (χ3v) is 3.81. The summed E-state index contributed by atoms with van der Waals surface area (Å²) in [6.45, 7) is 0.424. The maximum Gasteiger partial charge on any atom is 0.251 e. The molecule has 2 rings (SSSR count). The molecule has 110 valence electrons. The van der Waals surface area contributed by atoms with Gasteiger partial charge in [-0.25, -0.2) is 4.39 Å². The van der Waals surface area contributed by atoms with Crippen LogP contribution in [0.15, 0.2) is 18.2 Å². The lowest BCUT2D eigenvalue weighted by Gasteiger charge is -2.27. The monoisotopic (exact) mass is 281 g/mol. The number of hydrogen-bond donors (Lipinski definition) is 2. The van der Waals surface area contributed by atoms with E-state index in [2.05, 4.69) is 5.32 Å². The highest BCUT2D eigenvalue weighted by Crippen LogP contribution is 2.24. The molecule has 0 aliphatic heterocycles. The first-order valence-corrected chi connectivity index (χ1v) is 6.91. The number of benzene rings is 1. The van der Waals surface area contributed by atoms with Gasteiger partial charge in [-0.05, 0) is 31.0 Å². The molecule has 2 atom stereocenters. The summed E-state index contributed by atoms with van der Waals surface area (Å²) in [4.78, 5) is 11.9. The van der Waals surface area contributed by atoms with Crippen LogP contribution in [0.25, 0.3) is 0 Å². The minimum atomic E-state index is -0.558. The van der Waals surface area contributed by atoms with Crippen LogP contribution in [0.1, 0.15) is 36.0 Å². The van der Waals surface area contributed by atoms with Gasteiger partial charge in [-0.1, -0.05) is 12.8 Å². The molecule has 1 amide bonds. The average molecular weight is 281 g/mol. The fraction of sp³-hybridized carbons (Fsp3) is 0.533. The van der Waals surface area contributed by atoms with Gasteiger partial charge in [-0.15, -0.1) is 0 Å². The van der Waals surface area contributed by atoms with Gasteiger partial charge in [-0.2, -0.15) is 0 Å². The number of nitrogens with one attached hydrogen (secondary N) is 1. The van der Waals surface area contributed by atoms with Crippen molar-refractivity contribution < 1.29 is 19.0 Å². The lowest BCUT2D eigenvalue weighted by Crippen LogP contribution is -2.36. The lowest BCUT2D eigenvalue weighted by molar-refractivity contribution is 0.0663. The summed E-state index contributed by atoms with van der Waals surface area (Å²) in [6.07, 6.45) is 3.47. The Morgan fingerprint density at radius 3 is 2.85 bits per heavy atom. The third kappa shape index (κ3) is 3.48. The van der Waals surface area contributed by atoms with Crippen molar-refractivity contribution in [3.8, 4) is 5.75 Å². The van der Waals surface area contributed by atoms with E-state index in [1.165, 1.54) is 19.2 Å². The van der Waals surface area contributed by atoms with Crippen molar-refractivity contribution in [1.82, 2.24) is 5.32 Å². The molecule has 1 aliphatic rings. The second-order valence-electron chi connectivity index (χ2n) is 5.17. The molecule has 2 N–H and O–H groups in total. The van der Waals surface area contributed by atoms with Gasteiger partial charge in [-0.3, -0.25) is 4.79 Å². The van der Waals surface area contributed by atoms with Crippen LogP contribution in [-0.4, -0.2) is 30.8 Å². The van der Waals surface area contributed by atoms with Gasteiger partial charge in [0.25, 0.3) is 5.91 Å². The van der Waals surface area contributed by atoms with Crippen LogP contribution < -0.4 is 10.1 Å². The predicted octanol–water partition coefficient (Wildman–Crippen LogP) is 2.12. The molecule has 2 unspecified atom stereocenters. The Hall–Kier alpha value is -1.62.